The van der Waals surface area contributed by atoms with Gasteiger partial charge in [-0.25, -0.2) is 15.0 Å². The minimum atomic E-state index is 0.600. The van der Waals surface area contributed by atoms with Gasteiger partial charge in [0.1, 0.15) is 0 Å². The minimum absolute atomic E-state index is 0.600. The van der Waals surface area contributed by atoms with Gasteiger partial charge in [0, 0.05) is 43.9 Å². The Kier molecular flexibility index (Phi) is 8.87. The van der Waals surface area contributed by atoms with E-state index in [-0.39, 0.29) is 0 Å². The van der Waals surface area contributed by atoms with Crippen LogP contribution in [-0.2, 0) is 0 Å². The lowest BCUT2D eigenvalue weighted by Gasteiger charge is -2.17. The third-order valence-corrected chi connectivity index (χ3v) is 12.4. The molecule has 302 valence electrons. The molecule has 0 radical (unpaired) electrons. The average Bonchev–Trinajstić information content (AvgIpc) is 3.86. The molecule has 0 N–H and O–H groups in total. The quantitative estimate of drug-likeness (QED) is 0.161. The Morgan fingerprint density at radius 2 is 0.781 bits per heavy atom. The van der Waals surface area contributed by atoms with Gasteiger partial charge in [-0.05, 0) is 90.7 Å². The highest BCUT2D eigenvalue weighted by molar-refractivity contribution is 6.12. The maximum atomic E-state index is 5.34. The Hall–Kier alpha value is -8.41. The first kappa shape index (κ1) is 37.4. The van der Waals surface area contributed by atoms with Crippen molar-refractivity contribution in [2.45, 2.75) is 13.8 Å². The number of para-hydroxylation sites is 3. The van der Waals surface area contributed by atoms with E-state index in [4.69, 9.17) is 15.0 Å². The number of fused-ring (bicyclic) bond motifs is 6. The SMILES string of the molecule is Cc1cc(C)cc(-c2ccc3c4ccccc4n(-c4ccc(-c5ccc6c(c5)c5ccccc5n6-c5ccccc5)cc4-c4nc(-c5ccccc5)nc(-c5ccccc5)n4)c3c2)c1. The van der Waals surface area contributed by atoms with Gasteiger partial charge < -0.3 is 9.13 Å². The Morgan fingerprint density at radius 3 is 1.45 bits per heavy atom. The van der Waals surface area contributed by atoms with Gasteiger partial charge >= 0.3 is 0 Å². The van der Waals surface area contributed by atoms with Crippen LogP contribution < -0.4 is 0 Å². The van der Waals surface area contributed by atoms with Gasteiger partial charge in [0.25, 0.3) is 0 Å². The number of rotatable bonds is 7. The summed E-state index contributed by atoms with van der Waals surface area (Å²) in [5.41, 5.74) is 16.5. The molecule has 0 aliphatic rings. The number of aromatic nitrogens is 5. The number of nitrogens with zero attached hydrogens (tertiary/aromatic N) is 5. The molecular formula is C59H41N5. The van der Waals surface area contributed by atoms with Crippen LogP contribution in [0.3, 0.4) is 0 Å². The van der Waals surface area contributed by atoms with Crippen molar-refractivity contribution in [1.82, 2.24) is 24.1 Å². The minimum Gasteiger partial charge on any atom is -0.309 e. The summed E-state index contributed by atoms with van der Waals surface area (Å²) in [7, 11) is 0. The lowest BCUT2D eigenvalue weighted by molar-refractivity contribution is 1.06. The van der Waals surface area contributed by atoms with E-state index >= 15 is 0 Å². The Morgan fingerprint density at radius 1 is 0.297 bits per heavy atom. The molecule has 0 spiro atoms. The molecule has 0 bridgehead atoms. The molecule has 5 heteroatoms. The van der Waals surface area contributed by atoms with Crippen molar-refractivity contribution in [1.29, 1.82) is 0 Å². The Bertz CT molecular complexity index is 3660. The first-order valence-corrected chi connectivity index (χ1v) is 21.8. The Balaban J connectivity index is 1.14. The fourth-order valence-corrected chi connectivity index (χ4v) is 9.58. The van der Waals surface area contributed by atoms with Crippen molar-refractivity contribution in [3.63, 3.8) is 0 Å². The van der Waals surface area contributed by atoms with Crippen molar-refractivity contribution < 1.29 is 0 Å². The van der Waals surface area contributed by atoms with E-state index in [1.54, 1.807) is 0 Å². The standard InChI is InChI=1S/C59H41N5/c1-38-32-39(2)34-45(33-38)44-26-29-49-47-22-12-15-25-53(47)64(56(49)37-44)55-31-28-43(42-27-30-54-50(35-42)48-23-13-14-24-52(48)63(54)46-20-10-5-11-21-46)36-51(55)59-61-57(40-16-6-3-7-17-40)60-58(62-59)41-18-8-4-9-19-41/h3-37H,1-2H3. The van der Waals surface area contributed by atoms with Crippen LogP contribution in [0.5, 0.6) is 0 Å². The summed E-state index contributed by atoms with van der Waals surface area (Å²) >= 11 is 0. The van der Waals surface area contributed by atoms with Gasteiger partial charge in [0.15, 0.2) is 17.5 Å². The zero-order valence-corrected chi connectivity index (χ0v) is 35.4. The van der Waals surface area contributed by atoms with Crippen LogP contribution in [0, 0.1) is 13.8 Å². The van der Waals surface area contributed by atoms with Crippen molar-refractivity contribution in [2.75, 3.05) is 0 Å². The lowest BCUT2D eigenvalue weighted by Crippen LogP contribution is -2.04. The second kappa shape index (κ2) is 15.2. The van der Waals surface area contributed by atoms with Crippen LogP contribution >= 0.6 is 0 Å². The van der Waals surface area contributed by atoms with Crippen LogP contribution in [0.15, 0.2) is 212 Å². The maximum absolute atomic E-state index is 5.34. The average molecular weight is 820 g/mol. The molecule has 0 saturated heterocycles. The van der Waals surface area contributed by atoms with E-state index in [0.717, 1.165) is 55.7 Å². The predicted molar refractivity (Wildman–Crippen MR) is 265 cm³/mol. The largest absolute Gasteiger partial charge is 0.309 e. The second-order valence-electron chi connectivity index (χ2n) is 16.7. The maximum Gasteiger partial charge on any atom is 0.166 e. The zero-order chi connectivity index (χ0) is 42.7. The van der Waals surface area contributed by atoms with Gasteiger partial charge in [0.2, 0.25) is 0 Å². The molecule has 3 heterocycles. The van der Waals surface area contributed by atoms with Gasteiger partial charge in [-0.3, -0.25) is 0 Å². The van der Waals surface area contributed by atoms with Crippen molar-refractivity contribution in [2.24, 2.45) is 0 Å². The molecule has 3 aromatic heterocycles. The molecule has 0 fully saturated rings. The van der Waals surface area contributed by atoms with Crippen LogP contribution in [0.2, 0.25) is 0 Å². The highest BCUT2D eigenvalue weighted by atomic mass is 15.1. The van der Waals surface area contributed by atoms with Gasteiger partial charge in [0.05, 0.1) is 27.8 Å². The summed E-state index contributed by atoms with van der Waals surface area (Å²) in [6, 6.07) is 75.7. The van der Waals surface area contributed by atoms with E-state index in [9.17, 15) is 0 Å². The Labute approximate surface area is 371 Å². The van der Waals surface area contributed by atoms with Crippen molar-refractivity contribution in [3.8, 4) is 67.8 Å². The third kappa shape index (κ3) is 6.37. The molecule has 9 aromatic carbocycles. The highest BCUT2D eigenvalue weighted by Gasteiger charge is 2.22. The number of hydrogen-bond donors (Lipinski definition) is 0. The summed E-state index contributed by atoms with van der Waals surface area (Å²) < 4.78 is 4.76. The molecule has 5 nitrogen and oxygen atoms in total. The normalized spacial score (nSPS) is 11.6. The van der Waals surface area contributed by atoms with E-state index in [1.807, 2.05) is 36.4 Å². The molecular weight excluding hydrogens is 779 g/mol. The summed E-state index contributed by atoms with van der Waals surface area (Å²) in [5, 5.41) is 4.78. The first-order chi connectivity index (χ1) is 31.5. The predicted octanol–water partition coefficient (Wildman–Crippen LogP) is 15.0. The van der Waals surface area contributed by atoms with Crippen LogP contribution in [0.1, 0.15) is 11.1 Å². The highest BCUT2D eigenvalue weighted by Crippen LogP contribution is 2.41. The summed E-state index contributed by atoms with van der Waals surface area (Å²) in [4.78, 5) is 15.8. The molecule has 12 rings (SSSR count). The monoisotopic (exact) mass is 819 g/mol. The van der Waals surface area contributed by atoms with Crippen LogP contribution in [0.4, 0.5) is 0 Å². The van der Waals surface area contributed by atoms with Gasteiger partial charge in [-0.15, -0.1) is 0 Å². The number of hydrogen-bond acceptors (Lipinski definition) is 3. The van der Waals surface area contributed by atoms with E-state index < -0.39 is 0 Å². The molecule has 0 amide bonds. The molecule has 0 saturated carbocycles. The first-order valence-electron chi connectivity index (χ1n) is 21.8. The molecule has 0 unspecified atom stereocenters. The van der Waals surface area contributed by atoms with Crippen molar-refractivity contribution in [3.05, 3.63) is 223 Å². The fraction of sp³-hybridized carbons (Fsp3) is 0.0339. The molecule has 0 atom stereocenters. The summed E-state index contributed by atoms with van der Waals surface area (Å²) in [5.74, 6) is 1.84. The second-order valence-corrected chi connectivity index (χ2v) is 16.7. The molecule has 64 heavy (non-hydrogen) atoms. The van der Waals surface area contributed by atoms with E-state index in [1.165, 1.54) is 49.3 Å². The van der Waals surface area contributed by atoms with Gasteiger partial charge in [-0.1, -0.05) is 169 Å². The summed E-state index contributed by atoms with van der Waals surface area (Å²) in [6.07, 6.45) is 0. The number of benzene rings is 9. The smallest absolute Gasteiger partial charge is 0.166 e. The van der Waals surface area contributed by atoms with Gasteiger partial charge in [-0.2, -0.15) is 0 Å². The third-order valence-electron chi connectivity index (χ3n) is 12.4. The fourth-order valence-electron chi connectivity index (χ4n) is 9.58. The topological polar surface area (TPSA) is 48.5 Å². The van der Waals surface area contributed by atoms with E-state index in [2.05, 4.69) is 199 Å². The lowest BCUT2D eigenvalue weighted by atomic mass is 9.98. The van der Waals surface area contributed by atoms with E-state index in [0.29, 0.717) is 17.5 Å². The van der Waals surface area contributed by atoms with Crippen LogP contribution in [0.25, 0.3) is 111 Å². The van der Waals surface area contributed by atoms with Crippen molar-refractivity contribution >= 4 is 43.6 Å². The summed E-state index contributed by atoms with van der Waals surface area (Å²) in [6.45, 7) is 4.34. The zero-order valence-electron chi connectivity index (χ0n) is 35.4. The molecule has 0 aliphatic heterocycles. The molecule has 0 aliphatic carbocycles. The number of aryl methyl sites for hydroxylation is 2. The molecule has 12 aromatic rings. The van der Waals surface area contributed by atoms with Crippen LogP contribution in [-0.4, -0.2) is 24.1 Å².